The first-order valence-electron chi connectivity index (χ1n) is 6.11. The molecule has 110 valence electrons. The Balaban J connectivity index is 2.48. The number of halogens is 1. The van der Waals surface area contributed by atoms with Crippen LogP contribution in [-0.2, 0) is 6.42 Å². The zero-order valence-electron chi connectivity index (χ0n) is 11.6. The van der Waals surface area contributed by atoms with Crippen LogP contribution in [0.2, 0.25) is 5.15 Å². The second-order valence-corrected chi connectivity index (χ2v) is 4.80. The number of ether oxygens (including phenoxy) is 1. The summed E-state index contributed by atoms with van der Waals surface area (Å²) in [7, 11) is 1.52. The zero-order valence-corrected chi connectivity index (χ0v) is 12.3. The molecule has 0 amide bonds. The number of nitrogens with zero attached hydrogens (tertiary/aromatic N) is 2. The standard InChI is InChI=1S/C14H14ClN3O3/c1-7-10(12(15)18-14(16)17-7)6-9-5-8(13(19)20)3-4-11(9)21-2/h3-5H,6H2,1-2H3,(H,19,20)(H2,16,17,18). The van der Waals surface area contributed by atoms with E-state index in [-0.39, 0.29) is 16.7 Å². The second kappa shape index (κ2) is 5.97. The molecule has 0 fully saturated rings. The summed E-state index contributed by atoms with van der Waals surface area (Å²) in [6, 6.07) is 4.64. The molecule has 0 spiro atoms. The van der Waals surface area contributed by atoms with Gasteiger partial charge < -0.3 is 15.6 Å². The van der Waals surface area contributed by atoms with E-state index in [1.165, 1.54) is 13.2 Å². The molecule has 2 rings (SSSR count). The highest BCUT2D eigenvalue weighted by Gasteiger charge is 2.14. The highest BCUT2D eigenvalue weighted by Crippen LogP contribution is 2.27. The van der Waals surface area contributed by atoms with Crippen molar-refractivity contribution in [3.63, 3.8) is 0 Å². The number of benzene rings is 1. The van der Waals surface area contributed by atoms with Gasteiger partial charge in [-0.3, -0.25) is 0 Å². The number of nitrogen functional groups attached to an aromatic ring is 1. The Kier molecular flexibility index (Phi) is 4.28. The van der Waals surface area contributed by atoms with Crippen molar-refractivity contribution in [1.29, 1.82) is 0 Å². The molecule has 0 aliphatic rings. The van der Waals surface area contributed by atoms with Crippen LogP contribution in [0.1, 0.15) is 27.2 Å². The van der Waals surface area contributed by atoms with Crippen molar-refractivity contribution in [1.82, 2.24) is 9.97 Å². The Morgan fingerprint density at radius 2 is 2.14 bits per heavy atom. The maximum absolute atomic E-state index is 11.1. The summed E-state index contributed by atoms with van der Waals surface area (Å²) < 4.78 is 5.25. The van der Waals surface area contributed by atoms with Gasteiger partial charge in [0.05, 0.1) is 12.7 Å². The Bertz CT molecular complexity index is 681. The van der Waals surface area contributed by atoms with E-state index in [9.17, 15) is 4.79 Å². The Labute approximate surface area is 126 Å². The van der Waals surface area contributed by atoms with E-state index in [4.69, 9.17) is 27.2 Å². The Morgan fingerprint density at radius 1 is 1.43 bits per heavy atom. The minimum atomic E-state index is -1.00. The largest absolute Gasteiger partial charge is 0.496 e. The van der Waals surface area contributed by atoms with Crippen molar-refractivity contribution < 1.29 is 14.6 Å². The first kappa shape index (κ1) is 15.1. The van der Waals surface area contributed by atoms with E-state index in [0.29, 0.717) is 29.0 Å². The van der Waals surface area contributed by atoms with Crippen molar-refractivity contribution in [3.8, 4) is 5.75 Å². The normalized spacial score (nSPS) is 10.4. The van der Waals surface area contributed by atoms with Gasteiger partial charge in [0.15, 0.2) is 0 Å². The summed E-state index contributed by atoms with van der Waals surface area (Å²) in [4.78, 5) is 19.1. The minimum Gasteiger partial charge on any atom is -0.496 e. The third-order valence-electron chi connectivity index (χ3n) is 3.08. The molecule has 0 atom stereocenters. The van der Waals surface area contributed by atoms with E-state index in [1.807, 2.05) is 0 Å². The zero-order chi connectivity index (χ0) is 15.6. The molecule has 0 saturated heterocycles. The summed E-state index contributed by atoms with van der Waals surface area (Å²) in [5, 5.41) is 9.33. The predicted octanol–water partition coefficient (Wildman–Crippen LogP) is 2.32. The molecule has 0 aliphatic heterocycles. The van der Waals surface area contributed by atoms with Crippen LogP contribution >= 0.6 is 11.6 Å². The summed E-state index contributed by atoms with van der Waals surface area (Å²) in [5.41, 5.74) is 7.74. The SMILES string of the molecule is COc1ccc(C(=O)O)cc1Cc1c(C)nc(N)nc1Cl. The third-order valence-corrected chi connectivity index (χ3v) is 3.39. The van der Waals surface area contributed by atoms with Gasteiger partial charge in [0, 0.05) is 17.7 Å². The highest BCUT2D eigenvalue weighted by molar-refractivity contribution is 6.30. The fourth-order valence-corrected chi connectivity index (χ4v) is 2.31. The third kappa shape index (κ3) is 3.22. The van der Waals surface area contributed by atoms with E-state index >= 15 is 0 Å². The van der Waals surface area contributed by atoms with Gasteiger partial charge in [0.2, 0.25) is 5.95 Å². The molecular formula is C14H14ClN3O3. The Morgan fingerprint density at radius 3 is 2.71 bits per heavy atom. The molecule has 0 bridgehead atoms. The predicted molar refractivity (Wildman–Crippen MR) is 79.0 cm³/mol. The number of carboxylic acid groups (broad SMARTS) is 1. The maximum atomic E-state index is 11.1. The quantitative estimate of drug-likeness (QED) is 0.841. The molecule has 0 radical (unpaired) electrons. The number of aromatic nitrogens is 2. The second-order valence-electron chi connectivity index (χ2n) is 4.45. The highest BCUT2D eigenvalue weighted by atomic mass is 35.5. The monoisotopic (exact) mass is 307 g/mol. The number of hydrogen-bond acceptors (Lipinski definition) is 5. The van der Waals surface area contributed by atoms with Crippen molar-refractivity contribution in [2.75, 3.05) is 12.8 Å². The van der Waals surface area contributed by atoms with Gasteiger partial charge in [-0.15, -0.1) is 0 Å². The lowest BCUT2D eigenvalue weighted by atomic mass is 10.0. The van der Waals surface area contributed by atoms with Gasteiger partial charge in [-0.25, -0.2) is 14.8 Å². The Hall–Kier alpha value is -2.34. The van der Waals surface area contributed by atoms with Gasteiger partial charge >= 0.3 is 5.97 Å². The number of rotatable bonds is 4. The number of aryl methyl sites for hydroxylation is 1. The number of methoxy groups -OCH3 is 1. The topological polar surface area (TPSA) is 98.3 Å². The van der Waals surface area contributed by atoms with E-state index in [2.05, 4.69) is 9.97 Å². The van der Waals surface area contributed by atoms with Crippen LogP contribution in [0.25, 0.3) is 0 Å². The van der Waals surface area contributed by atoms with Crippen molar-refractivity contribution in [3.05, 3.63) is 45.7 Å². The summed E-state index contributed by atoms with van der Waals surface area (Å²) in [6.45, 7) is 1.77. The maximum Gasteiger partial charge on any atom is 0.335 e. The van der Waals surface area contributed by atoms with Crippen LogP contribution in [0, 0.1) is 6.92 Å². The van der Waals surface area contributed by atoms with E-state index in [1.54, 1.807) is 19.1 Å². The van der Waals surface area contributed by atoms with Crippen molar-refractivity contribution in [2.24, 2.45) is 0 Å². The molecule has 7 heteroatoms. The van der Waals surface area contributed by atoms with Crippen LogP contribution in [-0.4, -0.2) is 28.2 Å². The fraction of sp³-hybridized carbons (Fsp3) is 0.214. The van der Waals surface area contributed by atoms with Crippen LogP contribution in [0.4, 0.5) is 5.95 Å². The van der Waals surface area contributed by atoms with Crippen molar-refractivity contribution in [2.45, 2.75) is 13.3 Å². The van der Waals surface area contributed by atoms with Crippen LogP contribution < -0.4 is 10.5 Å². The average Bonchev–Trinajstić information content (AvgIpc) is 2.42. The molecule has 1 aromatic carbocycles. The van der Waals surface area contributed by atoms with Gasteiger partial charge in [-0.05, 0) is 30.7 Å². The molecular weight excluding hydrogens is 294 g/mol. The average molecular weight is 308 g/mol. The minimum absolute atomic E-state index is 0.104. The lowest BCUT2D eigenvalue weighted by Gasteiger charge is -2.12. The number of aromatic carboxylic acids is 1. The number of nitrogens with two attached hydrogens (primary N) is 1. The first-order valence-corrected chi connectivity index (χ1v) is 6.49. The molecule has 21 heavy (non-hydrogen) atoms. The van der Waals surface area contributed by atoms with Crippen LogP contribution in [0.3, 0.4) is 0 Å². The van der Waals surface area contributed by atoms with Gasteiger partial charge in [0.25, 0.3) is 0 Å². The van der Waals surface area contributed by atoms with E-state index in [0.717, 1.165) is 0 Å². The molecule has 1 heterocycles. The van der Waals surface area contributed by atoms with E-state index < -0.39 is 5.97 Å². The lowest BCUT2D eigenvalue weighted by Crippen LogP contribution is -2.05. The summed E-state index contributed by atoms with van der Waals surface area (Å²) >= 11 is 6.09. The molecule has 0 saturated carbocycles. The molecule has 2 aromatic rings. The molecule has 1 aromatic heterocycles. The fourth-order valence-electron chi connectivity index (χ4n) is 2.02. The van der Waals surface area contributed by atoms with Crippen LogP contribution in [0.15, 0.2) is 18.2 Å². The first-order chi connectivity index (χ1) is 9.92. The van der Waals surface area contributed by atoms with Crippen LogP contribution in [0.5, 0.6) is 5.75 Å². The lowest BCUT2D eigenvalue weighted by molar-refractivity contribution is 0.0696. The van der Waals surface area contributed by atoms with Gasteiger partial charge in [0.1, 0.15) is 10.9 Å². The number of anilines is 1. The number of carbonyl (C=O) groups is 1. The molecule has 0 aliphatic carbocycles. The number of carboxylic acids is 1. The molecule has 6 nitrogen and oxygen atoms in total. The molecule has 0 unspecified atom stereocenters. The summed E-state index contributed by atoms with van der Waals surface area (Å²) in [5.74, 6) is -0.324. The number of hydrogen-bond donors (Lipinski definition) is 2. The summed E-state index contributed by atoms with van der Waals surface area (Å²) in [6.07, 6.45) is 0.356. The van der Waals surface area contributed by atoms with Crippen molar-refractivity contribution >= 4 is 23.5 Å². The van der Waals surface area contributed by atoms with Gasteiger partial charge in [-0.1, -0.05) is 11.6 Å². The smallest absolute Gasteiger partial charge is 0.335 e. The molecule has 3 N–H and O–H groups in total. The van der Waals surface area contributed by atoms with Gasteiger partial charge in [-0.2, -0.15) is 0 Å².